The molecule has 2 aromatic carbocycles. The molecule has 5 heteroatoms. The van der Waals surface area contributed by atoms with Crippen molar-refractivity contribution < 1.29 is 9.59 Å². The second-order valence-electron chi connectivity index (χ2n) is 7.25. The zero-order valence-electron chi connectivity index (χ0n) is 16.2. The second kappa shape index (κ2) is 9.05. The molecule has 4 rings (SSSR count). The molecule has 0 radical (unpaired) electrons. The first kappa shape index (κ1) is 19.4. The first-order valence-electron chi connectivity index (χ1n) is 9.96. The summed E-state index contributed by atoms with van der Waals surface area (Å²) in [4.78, 5) is 28.2. The van der Waals surface area contributed by atoms with Crippen LogP contribution in [0, 0.1) is 0 Å². The Hall–Kier alpha value is -2.92. The van der Waals surface area contributed by atoms with Crippen molar-refractivity contribution >= 4 is 23.2 Å². The Bertz CT molecular complexity index is 902. The predicted octanol–water partition coefficient (Wildman–Crippen LogP) is 4.30. The van der Waals surface area contributed by atoms with E-state index in [4.69, 9.17) is 0 Å². The van der Waals surface area contributed by atoms with Gasteiger partial charge in [-0.15, -0.1) is 11.3 Å². The van der Waals surface area contributed by atoms with Crippen molar-refractivity contribution in [3.63, 3.8) is 0 Å². The lowest BCUT2D eigenvalue weighted by atomic mass is 9.91. The van der Waals surface area contributed by atoms with Crippen LogP contribution in [0.5, 0.6) is 0 Å². The first-order valence-corrected chi connectivity index (χ1v) is 10.8. The maximum Gasteiger partial charge on any atom is 0.264 e. The van der Waals surface area contributed by atoms with Gasteiger partial charge in [-0.2, -0.15) is 0 Å². The molecule has 1 N–H and O–H groups in total. The third-order valence-corrected chi connectivity index (χ3v) is 6.29. The minimum Gasteiger partial charge on any atom is -0.353 e. The molecule has 1 saturated heterocycles. The van der Waals surface area contributed by atoms with Gasteiger partial charge in [0.05, 0.1) is 4.88 Å². The van der Waals surface area contributed by atoms with Gasteiger partial charge in [0.1, 0.15) is 6.04 Å². The molecular formula is C24H24N2O2S. The number of likely N-dealkylation sites (tertiary alicyclic amines) is 1. The van der Waals surface area contributed by atoms with Gasteiger partial charge in [-0.05, 0) is 35.4 Å². The molecule has 1 aliphatic rings. The second-order valence-corrected chi connectivity index (χ2v) is 8.20. The van der Waals surface area contributed by atoms with Gasteiger partial charge in [-0.3, -0.25) is 9.59 Å². The van der Waals surface area contributed by atoms with Crippen LogP contribution >= 0.6 is 11.3 Å². The number of benzene rings is 2. The minimum atomic E-state index is -0.392. The highest BCUT2D eigenvalue weighted by molar-refractivity contribution is 7.12. The average molecular weight is 405 g/mol. The van der Waals surface area contributed by atoms with E-state index >= 15 is 0 Å². The molecule has 4 nitrogen and oxygen atoms in total. The fraction of sp³-hybridized carbons (Fsp3) is 0.250. The summed E-state index contributed by atoms with van der Waals surface area (Å²) in [6.07, 6.45) is 1.57. The van der Waals surface area contributed by atoms with E-state index in [1.54, 1.807) is 4.90 Å². The lowest BCUT2D eigenvalue weighted by molar-refractivity contribution is -0.124. The zero-order valence-corrected chi connectivity index (χ0v) is 17.0. The zero-order chi connectivity index (χ0) is 20.1. The van der Waals surface area contributed by atoms with Crippen LogP contribution in [0.1, 0.15) is 39.6 Å². The molecule has 0 spiro atoms. The van der Waals surface area contributed by atoms with Gasteiger partial charge in [0.25, 0.3) is 5.91 Å². The van der Waals surface area contributed by atoms with Crippen LogP contribution in [0.3, 0.4) is 0 Å². The molecule has 0 aliphatic carbocycles. The molecule has 1 aliphatic heterocycles. The van der Waals surface area contributed by atoms with Gasteiger partial charge in [0.2, 0.25) is 5.91 Å². The normalized spacial score (nSPS) is 16.2. The maximum atomic E-state index is 13.0. The molecule has 29 heavy (non-hydrogen) atoms. The van der Waals surface area contributed by atoms with Gasteiger partial charge in [-0.1, -0.05) is 66.7 Å². The molecule has 2 heterocycles. The number of rotatable bonds is 6. The summed E-state index contributed by atoms with van der Waals surface area (Å²) in [5.41, 5.74) is 2.33. The van der Waals surface area contributed by atoms with Crippen LogP contribution in [0.15, 0.2) is 78.2 Å². The van der Waals surface area contributed by atoms with Crippen molar-refractivity contribution in [1.29, 1.82) is 0 Å². The van der Waals surface area contributed by atoms with E-state index in [2.05, 4.69) is 29.6 Å². The number of nitrogens with zero attached hydrogens (tertiary/aromatic N) is 1. The smallest absolute Gasteiger partial charge is 0.264 e. The van der Waals surface area contributed by atoms with Crippen molar-refractivity contribution in [2.75, 3.05) is 13.1 Å². The number of carbonyl (C=O) groups excluding carboxylic acids is 2. The van der Waals surface area contributed by atoms with E-state index in [1.807, 2.05) is 53.9 Å². The highest BCUT2D eigenvalue weighted by Crippen LogP contribution is 2.25. The average Bonchev–Trinajstić information content (AvgIpc) is 3.47. The number of thiophene rings is 1. The predicted molar refractivity (Wildman–Crippen MR) is 116 cm³/mol. The van der Waals surface area contributed by atoms with E-state index in [0.29, 0.717) is 24.4 Å². The molecule has 148 valence electrons. The Labute approximate surface area is 175 Å². The number of amides is 2. The summed E-state index contributed by atoms with van der Waals surface area (Å²) in [5, 5.41) is 5.01. The molecule has 0 bridgehead atoms. The molecular weight excluding hydrogens is 380 g/mol. The van der Waals surface area contributed by atoms with E-state index in [-0.39, 0.29) is 17.7 Å². The summed E-state index contributed by atoms with van der Waals surface area (Å²) < 4.78 is 0. The largest absolute Gasteiger partial charge is 0.353 e. The van der Waals surface area contributed by atoms with Crippen molar-refractivity contribution in [3.8, 4) is 0 Å². The van der Waals surface area contributed by atoms with E-state index in [1.165, 1.54) is 11.3 Å². The molecule has 0 unspecified atom stereocenters. The quantitative estimate of drug-likeness (QED) is 0.666. The third kappa shape index (κ3) is 4.40. The van der Waals surface area contributed by atoms with Crippen molar-refractivity contribution in [2.45, 2.75) is 24.8 Å². The number of hydrogen-bond donors (Lipinski definition) is 1. The lowest BCUT2D eigenvalue weighted by Gasteiger charge is -2.25. The molecule has 1 fully saturated rings. The molecule has 1 atom stereocenters. The van der Waals surface area contributed by atoms with Crippen LogP contribution in [0.25, 0.3) is 0 Å². The maximum absolute atomic E-state index is 13.0. The highest BCUT2D eigenvalue weighted by Gasteiger charge is 2.35. The minimum absolute atomic E-state index is 0.0414. The number of nitrogens with one attached hydrogen (secondary N) is 1. The topological polar surface area (TPSA) is 49.4 Å². The molecule has 0 saturated carbocycles. The van der Waals surface area contributed by atoms with Crippen LogP contribution in [-0.2, 0) is 4.79 Å². The Balaban J connectivity index is 1.47. The monoisotopic (exact) mass is 404 g/mol. The van der Waals surface area contributed by atoms with Crippen molar-refractivity contribution in [2.24, 2.45) is 0 Å². The fourth-order valence-electron chi connectivity index (χ4n) is 3.94. The first-order chi connectivity index (χ1) is 14.2. The molecule has 1 aromatic heterocycles. The summed E-state index contributed by atoms with van der Waals surface area (Å²) in [5.74, 6) is -0.0335. The van der Waals surface area contributed by atoms with E-state index < -0.39 is 6.04 Å². The summed E-state index contributed by atoms with van der Waals surface area (Å²) in [7, 11) is 0. The lowest BCUT2D eigenvalue weighted by Crippen LogP contribution is -2.46. The van der Waals surface area contributed by atoms with E-state index in [0.717, 1.165) is 17.5 Å². The van der Waals surface area contributed by atoms with Gasteiger partial charge >= 0.3 is 0 Å². The highest BCUT2D eigenvalue weighted by atomic mass is 32.1. The fourth-order valence-corrected chi connectivity index (χ4v) is 4.62. The van der Waals surface area contributed by atoms with E-state index in [9.17, 15) is 9.59 Å². The Morgan fingerprint density at radius 1 is 0.966 bits per heavy atom. The third-order valence-electron chi connectivity index (χ3n) is 5.43. The summed E-state index contributed by atoms with van der Waals surface area (Å²) in [6, 6.07) is 23.7. The molecule has 2 amide bonds. The van der Waals surface area contributed by atoms with Crippen molar-refractivity contribution in [1.82, 2.24) is 10.2 Å². The van der Waals surface area contributed by atoms with Gasteiger partial charge < -0.3 is 10.2 Å². The summed E-state index contributed by atoms with van der Waals surface area (Å²) >= 11 is 1.42. The molecule has 3 aromatic rings. The Kier molecular flexibility index (Phi) is 6.06. The number of carbonyl (C=O) groups is 2. The van der Waals surface area contributed by atoms with Crippen molar-refractivity contribution in [3.05, 3.63) is 94.2 Å². The van der Waals surface area contributed by atoms with Gasteiger partial charge in [0, 0.05) is 19.0 Å². The van der Waals surface area contributed by atoms with Gasteiger partial charge in [-0.25, -0.2) is 0 Å². The van der Waals surface area contributed by atoms with Crippen LogP contribution in [-0.4, -0.2) is 35.8 Å². The Morgan fingerprint density at radius 3 is 2.21 bits per heavy atom. The Morgan fingerprint density at radius 2 is 1.62 bits per heavy atom. The van der Waals surface area contributed by atoms with Crippen LogP contribution in [0.4, 0.5) is 0 Å². The van der Waals surface area contributed by atoms with Crippen LogP contribution < -0.4 is 5.32 Å². The summed E-state index contributed by atoms with van der Waals surface area (Å²) in [6.45, 7) is 1.14. The SMILES string of the molecule is O=C(NCC(c1ccccc1)c1ccccc1)[C@@H]1CCCN1C(=O)c1cccs1. The van der Waals surface area contributed by atoms with Gasteiger partial charge in [0.15, 0.2) is 0 Å². The van der Waals surface area contributed by atoms with Crippen LogP contribution in [0.2, 0.25) is 0 Å². The number of hydrogen-bond acceptors (Lipinski definition) is 3. The standard InChI is InChI=1S/C24H24N2O2S/c27-23(21-13-7-15-26(21)24(28)22-14-8-16-29-22)25-17-20(18-9-3-1-4-10-18)19-11-5-2-6-12-19/h1-6,8-12,14,16,20-21H,7,13,15,17H2,(H,25,27)/t21-/m0/s1.